The molecule has 0 N–H and O–H groups in total. The predicted octanol–water partition coefficient (Wildman–Crippen LogP) is 3.29. The quantitative estimate of drug-likeness (QED) is 0.253. The van der Waals surface area contributed by atoms with Crippen LogP contribution in [0.4, 0.5) is 0 Å². The molecule has 82 valence electrons. The molecule has 0 saturated carbocycles. The van der Waals surface area contributed by atoms with Crippen LogP contribution >= 0.6 is 0 Å². The Hall–Kier alpha value is -2.50. The number of nitrogens with zero attached hydrogens (tertiary/aromatic N) is 4. The first-order chi connectivity index (χ1) is 8.42. The molecule has 2 aromatic rings. The highest BCUT2D eigenvalue weighted by molar-refractivity contribution is 5.84. The number of hydrogen-bond donors (Lipinski definition) is 0. The first kappa shape index (κ1) is 11.0. The summed E-state index contributed by atoms with van der Waals surface area (Å²) in [6.45, 7) is 0.409. The average Bonchev–Trinajstić information content (AvgIpc) is 2.39. The van der Waals surface area contributed by atoms with E-state index in [0.29, 0.717) is 13.0 Å². The van der Waals surface area contributed by atoms with Crippen LogP contribution in [0.5, 0.6) is 0 Å². The number of rotatable bonds is 2. The molecule has 0 fully saturated rings. The largest absolute Gasteiger partial charge is 0.256 e. The number of hydrogen-bond acceptors (Lipinski definition) is 2. The Morgan fingerprint density at radius 1 is 1.29 bits per heavy atom. The Labute approximate surface area is 98.9 Å². The number of pyridine rings is 1. The molecule has 0 spiro atoms. The van der Waals surface area contributed by atoms with Crippen molar-refractivity contribution in [2.45, 2.75) is 6.42 Å². The Morgan fingerprint density at radius 2 is 2.18 bits per heavy atom. The van der Waals surface area contributed by atoms with Gasteiger partial charge in [-0.2, -0.15) is 0 Å². The van der Waals surface area contributed by atoms with Crippen molar-refractivity contribution in [1.82, 2.24) is 4.98 Å². The first-order valence-electron chi connectivity index (χ1n) is 5.25. The van der Waals surface area contributed by atoms with Crippen LogP contribution in [0.2, 0.25) is 0 Å². The van der Waals surface area contributed by atoms with E-state index in [9.17, 15) is 0 Å². The zero-order valence-corrected chi connectivity index (χ0v) is 9.17. The summed E-state index contributed by atoms with van der Waals surface area (Å²) in [6.07, 6.45) is 2.32. The molecular weight excluding hydrogens is 212 g/mol. The van der Waals surface area contributed by atoms with Crippen molar-refractivity contribution in [2.75, 3.05) is 6.54 Å². The van der Waals surface area contributed by atoms with Crippen LogP contribution in [0.25, 0.3) is 21.3 Å². The smallest absolute Gasteiger partial charge is 0.0714 e. The van der Waals surface area contributed by atoms with Crippen molar-refractivity contribution in [2.24, 2.45) is 5.11 Å². The van der Waals surface area contributed by atoms with Crippen LogP contribution in [-0.4, -0.2) is 11.5 Å². The van der Waals surface area contributed by atoms with Gasteiger partial charge in [0.15, 0.2) is 0 Å². The van der Waals surface area contributed by atoms with E-state index in [2.05, 4.69) is 26.9 Å². The molecule has 1 aromatic heterocycles. The van der Waals surface area contributed by atoms with Gasteiger partial charge in [-0.3, -0.25) is 4.98 Å². The van der Waals surface area contributed by atoms with Gasteiger partial charge in [0.05, 0.1) is 5.52 Å². The van der Waals surface area contributed by atoms with E-state index < -0.39 is 0 Å². The monoisotopic (exact) mass is 222 g/mol. The van der Waals surface area contributed by atoms with Crippen LogP contribution in [0.3, 0.4) is 0 Å². The van der Waals surface area contributed by atoms with Gasteiger partial charge >= 0.3 is 0 Å². The standard InChI is InChI=1S/C13H10N4/c14-17-16-9-4-3-5-11-8-10-15-13-7-2-1-6-12(11)13/h1-2,6-8,10H,4,9H2. The highest BCUT2D eigenvalue weighted by Gasteiger charge is 1.96. The minimum atomic E-state index is 0.409. The second-order valence-corrected chi connectivity index (χ2v) is 3.38. The van der Waals surface area contributed by atoms with E-state index in [0.717, 1.165) is 16.5 Å². The lowest BCUT2D eigenvalue weighted by Crippen LogP contribution is -1.83. The van der Waals surface area contributed by atoms with Crippen LogP contribution in [0.15, 0.2) is 41.6 Å². The third-order valence-electron chi connectivity index (χ3n) is 2.27. The molecule has 1 aromatic carbocycles. The summed E-state index contributed by atoms with van der Waals surface area (Å²) in [5.74, 6) is 6.06. The van der Waals surface area contributed by atoms with Crippen molar-refractivity contribution < 1.29 is 0 Å². The highest BCUT2D eigenvalue weighted by Crippen LogP contribution is 2.14. The molecule has 0 unspecified atom stereocenters. The number of benzene rings is 1. The second kappa shape index (κ2) is 5.55. The van der Waals surface area contributed by atoms with Gasteiger partial charge in [-0.05, 0) is 17.7 Å². The molecule has 4 heteroatoms. The SMILES string of the molecule is [N-]=[N+]=NCCC#Cc1ccnc2ccccc12. The highest BCUT2D eigenvalue weighted by atomic mass is 15.1. The topological polar surface area (TPSA) is 61.7 Å². The lowest BCUT2D eigenvalue weighted by molar-refractivity contribution is 1.01. The van der Waals surface area contributed by atoms with E-state index in [1.807, 2.05) is 30.3 Å². The van der Waals surface area contributed by atoms with Gasteiger partial charge in [0.1, 0.15) is 0 Å². The van der Waals surface area contributed by atoms with Crippen molar-refractivity contribution in [3.05, 3.63) is 52.5 Å². The van der Waals surface area contributed by atoms with Gasteiger partial charge in [0.2, 0.25) is 0 Å². The summed E-state index contributed by atoms with van der Waals surface area (Å²) >= 11 is 0. The van der Waals surface area contributed by atoms with Crippen LogP contribution in [-0.2, 0) is 0 Å². The summed E-state index contributed by atoms with van der Waals surface area (Å²) < 4.78 is 0. The molecule has 17 heavy (non-hydrogen) atoms. The average molecular weight is 222 g/mol. The lowest BCUT2D eigenvalue weighted by Gasteiger charge is -1.98. The number of fused-ring (bicyclic) bond motifs is 1. The fraction of sp³-hybridized carbons (Fsp3) is 0.154. The van der Waals surface area contributed by atoms with E-state index in [1.165, 1.54) is 0 Å². The van der Waals surface area contributed by atoms with Gasteiger partial charge in [-0.1, -0.05) is 35.2 Å². The maximum absolute atomic E-state index is 8.13. The molecule has 0 amide bonds. The normalized spacial score (nSPS) is 9.18. The molecule has 1 heterocycles. The zero-order chi connectivity index (χ0) is 11.9. The second-order valence-electron chi connectivity index (χ2n) is 3.38. The van der Waals surface area contributed by atoms with Gasteiger partial charge in [-0.15, -0.1) is 0 Å². The molecule has 0 bridgehead atoms. The molecule has 0 saturated heterocycles. The van der Waals surface area contributed by atoms with Crippen molar-refractivity contribution in [1.29, 1.82) is 0 Å². The molecule has 0 atom stereocenters. The van der Waals surface area contributed by atoms with E-state index in [1.54, 1.807) is 6.20 Å². The zero-order valence-electron chi connectivity index (χ0n) is 9.17. The third kappa shape index (κ3) is 2.75. The molecule has 2 rings (SSSR count). The maximum atomic E-state index is 8.13. The first-order valence-corrected chi connectivity index (χ1v) is 5.25. The summed E-state index contributed by atoms with van der Waals surface area (Å²) in [5, 5.41) is 4.48. The molecular formula is C13H10N4. The third-order valence-corrected chi connectivity index (χ3v) is 2.27. The van der Waals surface area contributed by atoms with Gasteiger partial charge in [-0.25, -0.2) is 0 Å². The Morgan fingerprint density at radius 3 is 3.06 bits per heavy atom. The van der Waals surface area contributed by atoms with Gasteiger partial charge in [0.25, 0.3) is 0 Å². The number of para-hydroxylation sites is 1. The Kier molecular flexibility index (Phi) is 3.59. The van der Waals surface area contributed by atoms with E-state index in [-0.39, 0.29) is 0 Å². The van der Waals surface area contributed by atoms with Gasteiger partial charge in [0, 0.05) is 35.0 Å². The Balaban J connectivity index is 2.26. The van der Waals surface area contributed by atoms with Crippen LogP contribution < -0.4 is 0 Å². The van der Waals surface area contributed by atoms with Crippen molar-refractivity contribution in [3.8, 4) is 11.8 Å². The van der Waals surface area contributed by atoms with E-state index in [4.69, 9.17) is 5.53 Å². The molecule has 0 aliphatic carbocycles. The van der Waals surface area contributed by atoms with Crippen LogP contribution in [0.1, 0.15) is 12.0 Å². The lowest BCUT2D eigenvalue weighted by atomic mass is 10.1. The minimum Gasteiger partial charge on any atom is -0.256 e. The van der Waals surface area contributed by atoms with E-state index >= 15 is 0 Å². The summed E-state index contributed by atoms with van der Waals surface area (Å²) in [6, 6.07) is 9.77. The molecule has 0 aliphatic heterocycles. The Bertz CT molecular complexity index is 625. The molecule has 4 nitrogen and oxygen atoms in total. The van der Waals surface area contributed by atoms with Crippen molar-refractivity contribution in [3.63, 3.8) is 0 Å². The minimum absolute atomic E-state index is 0.409. The van der Waals surface area contributed by atoms with Crippen LogP contribution in [0, 0.1) is 11.8 Å². The summed E-state index contributed by atoms with van der Waals surface area (Å²) in [4.78, 5) is 6.94. The summed E-state index contributed by atoms with van der Waals surface area (Å²) in [7, 11) is 0. The van der Waals surface area contributed by atoms with Crippen molar-refractivity contribution >= 4 is 10.9 Å². The fourth-order valence-electron chi connectivity index (χ4n) is 1.51. The molecule has 0 radical (unpaired) electrons. The number of azide groups is 1. The molecule has 0 aliphatic rings. The predicted molar refractivity (Wildman–Crippen MR) is 67.3 cm³/mol. The maximum Gasteiger partial charge on any atom is 0.0714 e. The fourth-order valence-corrected chi connectivity index (χ4v) is 1.51. The summed E-state index contributed by atoms with van der Waals surface area (Å²) in [5.41, 5.74) is 10.0. The van der Waals surface area contributed by atoms with Gasteiger partial charge < -0.3 is 0 Å². The number of aromatic nitrogens is 1.